The van der Waals surface area contributed by atoms with Crippen molar-refractivity contribution in [2.24, 2.45) is 0 Å². The summed E-state index contributed by atoms with van der Waals surface area (Å²) in [7, 11) is -3.87. The molecule has 114 valence electrons. The number of hydrogen-bond acceptors (Lipinski definition) is 3. The Kier molecular flexibility index (Phi) is 4.97. The molecule has 8 heteroatoms. The lowest BCUT2D eigenvalue weighted by atomic mass is 10.1. The highest BCUT2D eigenvalue weighted by Crippen LogP contribution is 2.18. The Bertz CT molecular complexity index is 731. The van der Waals surface area contributed by atoms with Crippen LogP contribution in [0.3, 0.4) is 0 Å². The van der Waals surface area contributed by atoms with Gasteiger partial charge in [0.15, 0.2) is 0 Å². The first kappa shape index (κ1) is 15.9. The van der Waals surface area contributed by atoms with Crippen LogP contribution in [-0.2, 0) is 16.4 Å². The van der Waals surface area contributed by atoms with E-state index >= 15 is 0 Å². The molecule has 0 amide bonds. The zero-order chi connectivity index (χ0) is 15.5. The molecule has 0 unspecified atom stereocenters. The third-order valence-electron chi connectivity index (χ3n) is 3.03. The van der Waals surface area contributed by atoms with Gasteiger partial charge in [-0.2, -0.15) is 5.10 Å². The predicted molar refractivity (Wildman–Crippen MR) is 78.2 cm³/mol. The first-order valence-corrected chi connectivity index (χ1v) is 8.20. The fourth-order valence-electron chi connectivity index (χ4n) is 1.88. The van der Waals surface area contributed by atoms with Gasteiger partial charge in [-0.05, 0) is 43.5 Å². The molecule has 0 aliphatic heterocycles. The van der Waals surface area contributed by atoms with Crippen molar-refractivity contribution in [1.29, 1.82) is 0 Å². The van der Waals surface area contributed by atoms with E-state index < -0.39 is 20.7 Å². The number of aromatic amines is 1. The van der Waals surface area contributed by atoms with Crippen LogP contribution >= 0.6 is 11.6 Å². The summed E-state index contributed by atoms with van der Waals surface area (Å²) < 4.78 is 40.0. The van der Waals surface area contributed by atoms with E-state index in [-0.39, 0.29) is 11.6 Å². The van der Waals surface area contributed by atoms with E-state index in [4.69, 9.17) is 11.6 Å². The molecular formula is C13H15ClFN3O2S. The lowest BCUT2D eigenvalue weighted by Gasteiger charge is -2.07. The Hall–Kier alpha value is -1.44. The molecule has 2 N–H and O–H groups in total. The minimum Gasteiger partial charge on any atom is -0.283 e. The zero-order valence-corrected chi connectivity index (χ0v) is 12.9. The molecule has 21 heavy (non-hydrogen) atoms. The fourth-order valence-corrected chi connectivity index (χ4v) is 3.17. The fraction of sp³-hybridized carbons (Fsp3) is 0.308. The van der Waals surface area contributed by atoms with E-state index in [2.05, 4.69) is 14.9 Å². The van der Waals surface area contributed by atoms with Crippen LogP contribution in [0.2, 0.25) is 5.02 Å². The van der Waals surface area contributed by atoms with Gasteiger partial charge < -0.3 is 0 Å². The van der Waals surface area contributed by atoms with Crippen LogP contribution in [-0.4, -0.2) is 25.2 Å². The summed E-state index contributed by atoms with van der Waals surface area (Å²) in [5.41, 5.74) is 1.99. The van der Waals surface area contributed by atoms with Crippen LogP contribution in [0.15, 0.2) is 29.3 Å². The number of nitrogens with one attached hydrogen (secondary N) is 2. The molecule has 0 spiro atoms. The number of aromatic nitrogens is 2. The predicted octanol–water partition coefficient (Wildman–Crippen LogP) is 2.42. The lowest BCUT2D eigenvalue weighted by Crippen LogP contribution is -2.26. The maximum atomic E-state index is 13.6. The average Bonchev–Trinajstić information content (AvgIpc) is 2.80. The van der Waals surface area contributed by atoms with Gasteiger partial charge in [-0.3, -0.25) is 5.10 Å². The van der Waals surface area contributed by atoms with E-state index in [9.17, 15) is 12.8 Å². The largest absolute Gasteiger partial charge is 0.283 e. The molecule has 1 heterocycles. The average molecular weight is 332 g/mol. The molecule has 0 bridgehead atoms. The van der Waals surface area contributed by atoms with Gasteiger partial charge in [0.25, 0.3) is 0 Å². The summed E-state index contributed by atoms with van der Waals surface area (Å²) in [5.74, 6) is -0.860. The summed E-state index contributed by atoms with van der Waals surface area (Å²) in [6.45, 7) is 2.12. The number of aryl methyl sites for hydroxylation is 2. The van der Waals surface area contributed by atoms with E-state index in [1.165, 1.54) is 6.07 Å². The van der Waals surface area contributed by atoms with Crippen LogP contribution in [0.25, 0.3) is 0 Å². The van der Waals surface area contributed by atoms with Gasteiger partial charge in [0.2, 0.25) is 10.0 Å². The molecule has 0 radical (unpaired) electrons. The maximum Gasteiger partial charge on any atom is 0.243 e. The molecule has 1 aromatic heterocycles. The first-order valence-electron chi connectivity index (χ1n) is 6.34. The van der Waals surface area contributed by atoms with Crippen molar-refractivity contribution in [2.75, 3.05) is 6.54 Å². The Morgan fingerprint density at radius 3 is 2.81 bits per heavy atom. The number of nitrogens with zero attached hydrogens (tertiary/aromatic N) is 1. The molecule has 5 nitrogen and oxygen atoms in total. The van der Waals surface area contributed by atoms with E-state index in [0.29, 0.717) is 12.8 Å². The first-order chi connectivity index (χ1) is 9.90. The normalized spacial score (nSPS) is 11.8. The number of benzene rings is 1. The van der Waals surface area contributed by atoms with Gasteiger partial charge in [0, 0.05) is 17.3 Å². The Morgan fingerprint density at radius 2 is 2.19 bits per heavy atom. The SMILES string of the molecule is Cc1[nH]ncc1CCCNS(=O)(=O)c1ccc(Cl)cc1F. The summed E-state index contributed by atoms with van der Waals surface area (Å²) >= 11 is 5.60. The van der Waals surface area contributed by atoms with Crippen molar-refractivity contribution in [3.05, 3.63) is 46.5 Å². The van der Waals surface area contributed by atoms with Crippen molar-refractivity contribution in [3.8, 4) is 0 Å². The molecule has 0 atom stereocenters. The van der Waals surface area contributed by atoms with Crippen molar-refractivity contribution < 1.29 is 12.8 Å². The highest BCUT2D eigenvalue weighted by atomic mass is 35.5. The summed E-state index contributed by atoms with van der Waals surface area (Å²) in [5, 5.41) is 6.86. The number of H-pyrrole nitrogens is 1. The highest BCUT2D eigenvalue weighted by Gasteiger charge is 2.18. The van der Waals surface area contributed by atoms with Crippen LogP contribution in [0.5, 0.6) is 0 Å². The Labute approximate surface area is 127 Å². The number of hydrogen-bond donors (Lipinski definition) is 2. The Balaban J connectivity index is 1.94. The summed E-state index contributed by atoms with van der Waals surface area (Å²) in [6, 6.07) is 3.47. The molecule has 2 aromatic rings. The van der Waals surface area contributed by atoms with Crippen LogP contribution in [0.4, 0.5) is 4.39 Å². The van der Waals surface area contributed by atoms with E-state index in [1.54, 1.807) is 6.20 Å². The zero-order valence-electron chi connectivity index (χ0n) is 11.4. The van der Waals surface area contributed by atoms with Crippen molar-refractivity contribution in [2.45, 2.75) is 24.7 Å². The highest BCUT2D eigenvalue weighted by molar-refractivity contribution is 7.89. The Morgan fingerprint density at radius 1 is 1.43 bits per heavy atom. The van der Waals surface area contributed by atoms with Crippen LogP contribution in [0, 0.1) is 12.7 Å². The molecule has 1 aromatic carbocycles. The smallest absolute Gasteiger partial charge is 0.243 e. The third-order valence-corrected chi connectivity index (χ3v) is 4.76. The van der Waals surface area contributed by atoms with Gasteiger partial charge in [0.05, 0.1) is 6.20 Å². The van der Waals surface area contributed by atoms with E-state index in [0.717, 1.165) is 23.4 Å². The maximum absolute atomic E-state index is 13.6. The molecule has 0 aliphatic carbocycles. The minimum absolute atomic E-state index is 0.155. The molecule has 0 aliphatic rings. The third kappa shape index (κ3) is 4.03. The summed E-state index contributed by atoms with van der Waals surface area (Å²) in [6.07, 6.45) is 2.99. The van der Waals surface area contributed by atoms with Gasteiger partial charge in [-0.25, -0.2) is 17.5 Å². The molecule has 0 saturated carbocycles. The minimum atomic E-state index is -3.87. The molecule has 0 fully saturated rings. The standard InChI is InChI=1S/C13H15ClFN3O2S/c1-9-10(8-16-18-9)3-2-6-17-21(19,20)13-5-4-11(14)7-12(13)15/h4-5,7-8,17H,2-3,6H2,1H3,(H,16,18). The van der Waals surface area contributed by atoms with Crippen molar-refractivity contribution in [3.63, 3.8) is 0 Å². The van der Waals surface area contributed by atoms with Gasteiger partial charge in [-0.1, -0.05) is 11.6 Å². The number of halogens is 2. The van der Waals surface area contributed by atoms with Gasteiger partial charge >= 0.3 is 0 Å². The monoisotopic (exact) mass is 331 g/mol. The van der Waals surface area contributed by atoms with Crippen LogP contribution < -0.4 is 4.72 Å². The van der Waals surface area contributed by atoms with Crippen molar-refractivity contribution >= 4 is 21.6 Å². The van der Waals surface area contributed by atoms with E-state index in [1.807, 2.05) is 6.92 Å². The number of rotatable bonds is 6. The summed E-state index contributed by atoms with van der Waals surface area (Å²) in [4.78, 5) is -0.397. The van der Waals surface area contributed by atoms with Gasteiger partial charge in [-0.15, -0.1) is 0 Å². The molecular weight excluding hydrogens is 317 g/mol. The number of sulfonamides is 1. The molecule has 0 saturated heterocycles. The second kappa shape index (κ2) is 6.55. The lowest BCUT2D eigenvalue weighted by molar-refractivity contribution is 0.555. The van der Waals surface area contributed by atoms with Gasteiger partial charge in [0.1, 0.15) is 10.7 Å². The van der Waals surface area contributed by atoms with Crippen LogP contribution in [0.1, 0.15) is 17.7 Å². The molecule has 2 rings (SSSR count). The van der Waals surface area contributed by atoms with Crippen molar-refractivity contribution in [1.82, 2.24) is 14.9 Å². The quantitative estimate of drug-likeness (QED) is 0.798. The second-order valence-electron chi connectivity index (χ2n) is 4.60. The topological polar surface area (TPSA) is 74.8 Å². The second-order valence-corrected chi connectivity index (χ2v) is 6.77.